The SMILES string of the molecule is CCN(CC)c1ccc(C(=CC=CC(=C2C=CC([NH+](CC)CC)C=C2)c2ccc([NH+](CC)CC)cc2)c2ccc(N(CC)CC)cc2)cc1. The van der Waals surface area contributed by atoms with Crippen LogP contribution in [0.3, 0.4) is 0 Å². The maximum Gasteiger partial charge on any atom is 0.131 e. The van der Waals surface area contributed by atoms with E-state index in [0.717, 1.165) is 52.4 Å². The van der Waals surface area contributed by atoms with Gasteiger partial charge in [-0.3, -0.25) is 0 Å². The van der Waals surface area contributed by atoms with Crippen LogP contribution in [0.2, 0.25) is 0 Å². The first-order valence-corrected chi connectivity index (χ1v) is 18.9. The molecule has 4 nitrogen and oxygen atoms in total. The van der Waals surface area contributed by atoms with Crippen molar-refractivity contribution in [1.82, 2.24) is 0 Å². The lowest BCUT2D eigenvalue weighted by atomic mass is 9.93. The van der Waals surface area contributed by atoms with Crippen molar-refractivity contribution < 1.29 is 9.80 Å². The van der Waals surface area contributed by atoms with Crippen LogP contribution in [-0.4, -0.2) is 58.4 Å². The van der Waals surface area contributed by atoms with Crippen molar-refractivity contribution in [3.05, 3.63) is 138 Å². The van der Waals surface area contributed by atoms with Crippen LogP contribution in [-0.2, 0) is 0 Å². The summed E-state index contributed by atoms with van der Waals surface area (Å²) in [4.78, 5) is 7.89. The van der Waals surface area contributed by atoms with Gasteiger partial charge in [-0.05, 0) is 149 Å². The van der Waals surface area contributed by atoms with Gasteiger partial charge in [0, 0.05) is 37.6 Å². The highest BCUT2D eigenvalue weighted by atomic mass is 15.1. The summed E-state index contributed by atoms with van der Waals surface area (Å²) in [6.45, 7) is 26.4. The summed E-state index contributed by atoms with van der Waals surface area (Å²) in [6, 6.07) is 27.8. The molecule has 4 rings (SSSR count). The monoisotopic (exact) mass is 658 g/mol. The molecule has 0 aliphatic heterocycles. The van der Waals surface area contributed by atoms with Gasteiger partial charge in [0.15, 0.2) is 0 Å². The summed E-state index contributed by atoms with van der Waals surface area (Å²) in [5.74, 6) is 0. The number of nitrogens with one attached hydrogen (secondary N) is 2. The van der Waals surface area contributed by atoms with Crippen LogP contribution < -0.4 is 19.6 Å². The molecule has 0 saturated carbocycles. The molecule has 1 aliphatic carbocycles. The molecule has 3 aromatic carbocycles. The molecule has 0 spiro atoms. The molecule has 0 saturated heterocycles. The van der Waals surface area contributed by atoms with Gasteiger partial charge in [0.2, 0.25) is 0 Å². The van der Waals surface area contributed by atoms with Crippen LogP contribution in [0.1, 0.15) is 72.1 Å². The number of anilines is 2. The zero-order valence-corrected chi connectivity index (χ0v) is 31.6. The molecule has 0 unspecified atom stereocenters. The molecule has 0 heterocycles. The average molecular weight is 659 g/mol. The van der Waals surface area contributed by atoms with Crippen LogP contribution >= 0.6 is 0 Å². The Labute approximate surface area is 298 Å². The Bertz CT molecular complexity index is 1500. The van der Waals surface area contributed by atoms with E-state index in [0.29, 0.717) is 6.04 Å². The lowest BCUT2D eigenvalue weighted by molar-refractivity contribution is -0.908. The number of benzene rings is 3. The molecule has 0 atom stereocenters. The molecule has 0 bridgehead atoms. The van der Waals surface area contributed by atoms with E-state index >= 15 is 0 Å². The Morgan fingerprint density at radius 2 is 1.02 bits per heavy atom. The molecule has 0 radical (unpaired) electrons. The third-order valence-electron chi connectivity index (χ3n) is 10.3. The fourth-order valence-corrected chi connectivity index (χ4v) is 7.09. The fraction of sp³-hybridized carbons (Fsp3) is 0.378. The molecular weight excluding hydrogens is 597 g/mol. The Morgan fingerprint density at radius 1 is 0.571 bits per heavy atom. The minimum absolute atomic E-state index is 0.419. The van der Waals surface area contributed by atoms with Gasteiger partial charge in [0.1, 0.15) is 11.7 Å². The van der Waals surface area contributed by atoms with E-state index in [9.17, 15) is 0 Å². The van der Waals surface area contributed by atoms with Gasteiger partial charge in [-0.1, -0.05) is 54.6 Å². The first-order chi connectivity index (χ1) is 23.9. The van der Waals surface area contributed by atoms with E-state index in [4.69, 9.17) is 0 Å². The van der Waals surface area contributed by atoms with Crippen LogP contribution in [0.5, 0.6) is 0 Å². The second-order valence-electron chi connectivity index (χ2n) is 12.7. The minimum atomic E-state index is 0.419. The minimum Gasteiger partial charge on any atom is -0.372 e. The number of rotatable bonds is 17. The maximum atomic E-state index is 2.40. The van der Waals surface area contributed by atoms with Crippen molar-refractivity contribution in [2.24, 2.45) is 0 Å². The predicted molar refractivity (Wildman–Crippen MR) is 215 cm³/mol. The summed E-state index contributed by atoms with van der Waals surface area (Å²) < 4.78 is 0. The van der Waals surface area contributed by atoms with Gasteiger partial charge in [-0.2, -0.15) is 0 Å². The third-order valence-corrected chi connectivity index (χ3v) is 10.3. The topological polar surface area (TPSA) is 15.4 Å². The number of nitrogens with zero attached hydrogens (tertiary/aromatic N) is 2. The normalized spacial score (nSPS) is 14.2. The standard InChI is InChI=1S/C45H60N4/c1-9-46(10-2)40-28-20-36(21-29-40)44(37-22-30-41(31-23-37)47(11-3)12-4)18-17-19-45(38-24-32-42(33-25-38)48(13-5)14-6)39-26-34-43(35-27-39)49(15-7)16-8/h17-35,40H,9-16H2,1-8H3/p+2. The second-order valence-corrected chi connectivity index (χ2v) is 12.7. The van der Waals surface area contributed by atoms with Crippen molar-refractivity contribution in [1.29, 1.82) is 0 Å². The quantitative estimate of drug-likeness (QED) is 0.144. The highest BCUT2D eigenvalue weighted by Crippen LogP contribution is 2.30. The first kappa shape index (κ1) is 37.7. The fourth-order valence-electron chi connectivity index (χ4n) is 7.09. The molecule has 260 valence electrons. The van der Waals surface area contributed by atoms with Gasteiger partial charge in [-0.15, -0.1) is 0 Å². The molecule has 0 aromatic heterocycles. The Hall–Kier alpha value is -4.12. The summed E-state index contributed by atoms with van der Waals surface area (Å²) >= 11 is 0. The van der Waals surface area contributed by atoms with Gasteiger partial charge < -0.3 is 19.6 Å². The van der Waals surface area contributed by atoms with Gasteiger partial charge in [0.05, 0.1) is 26.2 Å². The number of quaternary nitrogens is 2. The van der Waals surface area contributed by atoms with Gasteiger partial charge in [0.25, 0.3) is 0 Å². The molecule has 4 heteroatoms. The van der Waals surface area contributed by atoms with Crippen molar-refractivity contribution in [2.75, 3.05) is 62.2 Å². The zero-order chi connectivity index (χ0) is 35.2. The van der Waals surface area contributed by atoms with E-state index in [1.807, 2.05) is 0 Å². The molecule has 1 aliphatic rings. The maximum absolute atomic E-state index is 2.40. The molecule has 2 N–H and O–H groups in total. The molecule has 0 amide bonds. The zero-order valence-electron chi connectivity index (χ0n) is 31.6. The van der Waals surface area contributed by atoms with E-state index in [1.54, 1.807) is 4.90 Å². The van der Waals surface area contributed by atoms with E-state index < -0.39 is 0 Å². The van der Waals surface area contributed by atoms with Crippen LogP contribution in [0.25, 0.3) is 11.1 Å². The van der Waals surface area contributed by atoms with Gasteiger partial charge >= 0.3 is 0 Å². The Kier molecular flexibility index (Phi) is 14.7. The van der Waals surface area contributed by atoms with Crippen LogP contribution in [0.4, 0.5) is 17.1 Å². The third kappa shape index (κ3) is 9.53. The lowest BCUT2D eigenvalue weighted by Gasteiger charge is -2.24. The molecular formula is C45H62N4+2. The number of hydrogen-bond donors (Lipinski definition) is 2. The molecule has 49 heavy (non-hydrogen) atoms. The molecule has 3 aromatic rings. The van der Waals surface area contributed by atoms with Crippen molar-refractivity contribution in [3.63, 3.8) is 0 Å². The highest BCUT2D eigenvalue weighted by molar-refractivity contribution is 5.85. The average Bonchev–Trinajstić information content (AvgIpc) is 3.15. The molecule has 0 fully saturated rings. The second kappa shape index (κ2) is 19.2. The lowest BCUT2D eigenvalue weighted by Crippen LogP contribution is -3.14. The predicted octanol–water partition coefficient (Wildman–Crippen LogP) is 7.80. The Morgan fingerprint density at radius 3 is 1.43 bits per heavy atom. The Balaban J connectivity index is 1.79. The van der Waals surface area contributed by atoms with Crippen LogP contribution in [0.15, 0.2) is 121 Å². The summed E-state index contributed by atoms with van der Waals surface area (Å²) in [5, 5.41) is 0. The van der Waals surface area contributed by atoms with E-state index in [-0.39, 0.29) is 0 Å². The number of likely N-dealkylation sites (N-methyl/N-ethyl adjacent to an activating group) is 1. The number of hydrogen-bond acceptors (Lipinski definition) is 2. The summed E-state index contributed by atoms with van der Waals surface area (Å²) in [6.07, 6.45) is 16.3. The largest absolute Gasteiger partial charge is 0.372 e. The van der Waals surface area contributed by atoms with Crippen molar-refractivity contribution in [3.8, 4) is 0 Å². The number of allylic oxidation sites excluding steroid dienone is 7. The smallest absolute Gasteiger partial charge is 0.131 e. The summed E-state index contributed by atoms with van der Waals surface area (Å²) in [7, 11) is 0. The highest BCUT2D eigenvalue weighted by Gasteiger charge is 2.17. The van der Waals surface area contributed by atoms with Gasteiger partial charge in [-0.25, -0.2) is 0 Å². The van der Waals surface area contributed by atoms with Crippen molar-refractivity contribution in [2.45, 2.75) is 61.4 Å². The van der Waals surface area contributed by atoms with Crippen molar-refractivity contribution >= 4 is 28.2 Å². The van der Waals surface area contributed by atoms with E-state index in [2.05, 4.69) is 181 Å². The summed E-state index contributed by atoms with van der Waals surface area (Å²) in [5.41, 5.74) is 11.3. The van der Waals surface area contributed by atoms with Crippen LogP contribution in [0, 0.1) is 0 Å². The van der Waals surface area contributed by atoms with E-state index in [1.165, 1.54) is 55.4 Å². The first-order valence-electron chi connectivity index (χ1n) is 18.9.